The Morgan fingerprint density at radius 1 is 1.12 bits per heavy atom. The fraction of sp³-hybridized carbons (Fsp3) is 0.200. The molecule has 0 bridgehead atoms. The lowest BCUT2D eigenvalue weighted by molar-refractivity contribution is 0.0547. The summed E-state index contributed by atoms with van der Waals surface area (Å²) in [5.41, 5.74) is 1.86. The number of hydrogen-bond donors (Lipinski definition) is 0. The SMILES string of the molecule is CC(C)(C)OC(=O)n1c(-c2cc(Cl)cc(C=O)c2)cc2ccccc21. The molecule has 0 aliphatic heterocycles. The Kier molecular flexibility index (Phi) is 4.39. The summed E-state index contributed by atoms with van der Waals surface area (Å²) in [5.74, 6) is 0. The highest BCUT2D eigenvalue weighted by atomic mass is 35.5. The normalized spacial score (nSPS) is 11.5. The second-order valence-electron chi connectivity index (χ2n) is 6.80. The van der Waals surface area contributed by atoms with Crippen LogP contribution in [0.3, 0.4) is 0 Å². The van der Waals surface area contributed by atoms with Crippen molar-refractivity contribution in [1.29, 1.82) is 0 Å². The van der Waals surface area contributed by atoms with Crippen LogP contribution in [0.15, 0.2) is 48.5 Å². The quantitative estimate of drug-likeness (QED) is 0.565. The molecule has 0 atom stereocenters. The molecule has 0 N–H and O–H groups in total. The molecule has 25 heavy (non-hydrogen) atoms. The molecule has 0 aliphatic rings. The number of nitrogens with zero attached hydrogens (tertiary/aromatic N) is 1. The maximum atomic E-state index is 12.8. The van der Waals surface area contributed by atoms with Crippen LogP contribution in [-0.2, 0) is 4.74 Å². The number of para-hydroxylation sites is 1. The molecule has 128 valence electrons. The third-order valence-corrected chi connectivity index (χ3v) is 3.86. The molecule has 0 unspecified atom stereocenters. The molecule has 1 heterocycles. The van der Waals surface area contributed by atoms with Crippen LogP contribution in [0.2, 0.25) is 5.02 Å². The van der Waals surface area contributed by atoms with Crippen molar-refractivity contribution in [1.82, 2.24) is 4.57 Å². The van der Waals surface area contributed by atoms with Gasteiger partial charge < -0.3 is 4.74 Å². The molecule has 0 saturated heterocycles. The van der Waals surface area contributed by atoms with Gasteiger partial charge in [0, 0.05) is 21.5 Å². The first kappa shape index (κ1) is 17.2. The highest BCUT2D eigenvalue weighted by molar-refractivity contribution is 6.31. The van der Waals surface area contributed by atoms with Crippen LogP contribution < -0.4 is 0 Å². The Hall–Kier alpha value is -2.59. The van der Waals surface area contributed by atoms with Crippen LogP contribution in [0, 0.1) is 0 Å². The minimum atomic E-state index is -0.623. The monoisotopic (exact) mass is 355 g/mol. The number of carbonyl (C=O) groups excluding carboxylic acids is 2. The van der Waals surface area contributed by atoms with Gasteiger partial charge in [-0.2, -0.15) is 0 Å². The van der Waals surface area contributed by atoms with E-state index in [9.17, 15) is 9.59 Å². The van der Waals surface area contributed by atoms with Crippen molar-refractivity contribution in [2.24, 2.45) is 0 Å². The lowest BCUT2D eigenvalue weighted by Gasteiger charge is -2.21. The van der Waals surface area contributed by atoms with Gasteiger partial charge in [0.15, 0.2) is 0 Å². The predicted octanol–water partition coefficient (Wildman–Crippen LogP) is 5.56. The number of rotatable bonds is 2. The number of aromatic nitrogens is 1. The van der Waals surface area contributed by atoms with Gasteiger partial charge in [-0.25, -0.2) is 9.36 Å². The summed E-state index contributed by atoms with van der Waals surface area (Å²) in [7, 11) is 0. The average molecular weight is 356 g/mol. The van der Waals surface area contributed by atoms with E-state index in [1.165, 1.54) is 4.57 Å². The highest BCUT2D eigenvalue weighted by Crippen LogP contribution is 2.31. The molecule has 0 fully saturated rings. The smallest absolute Gasteiger partial charge is 0.419 e. The van der Waals surface area contributed by atoms with E-state index in [2.05, 4.69) is 0 Å². The molecule has 0 radical (unpaired) electrons. The van der Waals surface area contributed by atoms with Gasteiger partial charge in [0.25, 0.3) is 0 Å². The van der Waals surface area contributed by atoms with Crippen molar-refractivity contribution in [3.8, 4) is 11.3 Å². The predicted molar refractivity (Wildman–Crippen MR) is 99.4 cm³/mol. The first-order chi connectivity index (χ1) is 11.8. The molecule has 4 nitrogen and oxygen atoms in total. The van der Waals surface area contributed by atoms with Gasteiger partial charge in [0.05, 0.1) is 11.2 Å². The van der Waals surface area contributed by atoms with E-state index in [1.807, 2.05) is 51.1 Å². The molecular weight excluding hydrogens is 338 g/mol. The summed E-state index contributed by atoms with van der Waals surface area (Å²) in [6.45, 7) is 5.46. The maximum Gasteiger partial charge on any atom is 0.419 e. The third kappa shape index (κ3) is 3.59. The zero-order chi connectivity index (χ0) is 18.2. The van der Waals surface area contributed by atoms with Gasteiger partial charge in [0.1, 0.15) is 11.9 Å². The lowest BCUT2D eigenvalue weighted by Crippen LogP contribution is -2.27. The Morgan fingerprint density at radius 2 is 1.84 bits per heavy atom. The fourth-order valence-corrected chi connectivity index (χ4v) is 2.94. The molecule has 2 aromatic carbocycles. The van der Waals surface area contributed by atoms with Crippen molar-refractivity contribution in [3.05, 3.63) is 59.1 Å². The standard InChI is InChI=1S/C20H18ClNO3/c1-20(2,3)25-19(24)22-17-7-5-4-6-14(17)11-18(22)15-8-13(12-23)9-16(21)10-15/h4-12H,1-3H3. The van der Waals surface area contributed by atoms with Gasteiger partial charge in [-0.05, 0) is 51.1 Å². The Labute approximate surface area is 151 Å². The zero-order valence-corrected chi connectivity index (χ0v) is 15.0. The highest BCUT2D eigenvalue weighted by Gasteiger charge is 2.23. The maximum absolute atomic E-state index is 12.8. The average Bonchev–Trinajstić information content (AvgIpc) is 2.92. The topological polar surface area (TPSA) is 48.3 Å². The first-order valence-corrected chi connectivity index (χ1v) is 8.26. The van der Waals surface area contributed by atoms with Crippen molar-refractivity contribution in [2.45, 2.75) is 26.4 Å². The van der Waals surface area contributed by atoms with Crippen molar-refractivity contribution >= 4 is 34.9 Å². The number of fused-ring (bicyclic) bond motifs is 1. The second kappa shape index (κ2) is 6.37. The van der Waals surface area contributed by atoms with E-state index in [-0.39, 0.29) is 0 Å². The van der Waals surface area contributed by atoms with Crippen LogP contribution in [0.1, 0.15) is 31.1 Å². The Balaban J connectivity index is 2.25. The minimum absolute atomic E-state index is 0.431. The largest absolute Gasteiger partial charge is 0.443 e. The molecule has 0 saturated carbocycles. The van der Waals surface area contributed by atoms with Crippen molar-refractivity contribution in [2.75, 3.05) is 0 Å². The number of ether oxygens (including phenoxy) is 1. The zero-order valence-electron chi connectivity index (χ0n) is 14.2. The van der Waals surface area contributed by atoms with E-state index in [0.717, 1.165) is 17.2 Å². The van der Waals surface area contributed by atoms with Crippen LogP contribution in [0.4, 0.5) is 4.79 Å². The molecule has 3 rings (SSSR count). The first-order valence-electron chi connectivity index (χ1n) is 7.88. The third-order valence-electron chi connectivity index (χ3n) is 3.64. The number of aldehydes is 1. The molecule has 0 spiro atoms. The Morgan fingerprint density at radius 3 is 2.52 bits per heavy atom. The second-order valence-corrected chi connectivity index (χ2v) is 7.23. The van der Waals surface area contributed by atoms with Crippen LogP contribution in [0.25, 0.3) is 22.2 Å². The van der Waals surface area contributed by atoms with E-state index in [4.69, 9.17) is 16.3 Å². The van der Waals surface area contributed by atoms with Gasteiger partial charge in [-0.1, -0.05) is 29.8 Å². The molecule has 0 aliphatic carbocycles. The number of benzene rings is 2. The van der Waals surface area contributed by atoms with Gasteiger partial charge in [0.2, 0.25) is 0 Å². The van der Waals surface area contributed by atoms with Crippen molar-refractivity contribution in [3.63, 3.8) is 0 Å². The summed E-state index contributed by atoms with van der Waals surface area (Å²) in [5, 5.41) is 1.33. The minimum Gasteiger partial charge on any atom is -0.443 e. The van der Waals surface area contributed by atoms with E-state index >= 15 is 0 Å². The van der Waals surface area contributed by atoms with Gasteiger partial charge >= 0.3 is 6.09 Å². The van der Waals surface area contributed by atoms with Crippen LogP contribution in [0.5, 0.6) is 0 Å². The summed E-state index contributed by atoms with van der Waals surface area (Å²) in [6, 6.07) is 14.4. The van der Waals surface area contributed by atoms with Crippen molar-refractivity contribution < 1.29 is 14.3 Å². The Bertz CT molecular complexity index is 967. The number of halogens is 1. The summed E-state index contributed by atoms with van der Waals surface area (Å²) < 4.78 is 7.08. The van der Waals surface area contributed by atoms with E-state index in [0.29, 0.717) is 21.8 Å². The van der Waals surface area contributed by atoms with Crippen LogP contribution >= 0.6 is 11.6 Å². The summed E-state index contributed by atoms with van der Waals surface area (Å²) in [4.78, 5) is 24.0. The molecular formula is C20H18ClNO3. The fourth-order valence-electron chi connectivity index (χ4n) is 2.70. The van der Waals surface area contributed by atoms with Crippen LogP contribution in [-0.4, -0.2) is 22.5 Å². The summed E-state index contributed by atoms with van der Waals surface area (Å²) >= 11 is 6.13. The molecule has 5 heteroatoms. The molecule has 3 aromatic rings. The van der Waals surface area contributed by atoms with Gasteiger partial charge in [-0.15, -0.1) is 0 Å². The summed E-state index contributed by atoms with van der Waals surface area (Å²) in [6.07, 6.45) is 0.256. The number of carbonyl (C=O) groups is 2. The lowest BCUT2D eigenvalue weighted by atomic mass is 10.1. The van der Waals surface area contributed by atoms with E-state index in [1.54, 1.807) is 18.2 Å². The molecule has 1 aromatic heterocycles. The molecule has 0 amide bonds. The number of hydrogen-bond acceptors (Lipinski definition) is 3. The van der Waals surface area contributed by atoms with E-state index < -0.39 is 11.7 Å². The van der Waals surface area contributed by atoms with Gasteiger partial charge in [-0.3, -0.25) is 4.79 Å².